The Morgan fingerprint density at radius 3 is 3.00 bits per heavy atom. The highest BCUT2D eigenvalue weighted by Gasteiger charge is 2.23. The maximum Gasteiger partial charge on any atom is 0.224 e. The van der Waals surface area contributed by atoms with E-state index in [1.165, 1.54) is 16.9 Å². The molecule has 0 radical (unpaired) electrons. The van der Waals surface area contributed by atoms with Crippen molar-refractivity contribution in [1.82, 2.24) is 10.2 Å². The number of hydrogen-bond acceptors (Lipinski definition) is 3. The number of nitrogens with zero attached hydrogens (tertiary/aromatic N) is 1. The molecule has 19 heavy (non-hydrogen) atoms. The van der Waals surface area contributed by atoms with Gasteiger partial charge in [-0.15, -0.1) is 0 Å². The molecular weight excluding hydrogens is 256 g/mol. The van der Waals surface area contributed by atoms with E-state index in [0.717, 1.165) is 31.8 Å². The van der Waals surface area contributed by atoms with Crippen molar-refractivity contribution < 1.29 is 4.79 Å². The number of amides is 1. The SMILES string of the molecule is O=C(CC1CSCCN1)N1CCc2ccccc2C1. The van der Waals surface area contributed by atoms with Crippen molar-refractivity contribution in [3.8, 4) is 0 Å². The average Bonchev–Trinajstić information content (AvgIpc) is 2.48. The summed E-state index contributed by atoms with van der Waals surface area (Å²) in [5, 5.41) is 3.44. The molecule has 1 aromatic rings. The second-order valence-electron chi connectivity index (χ2n) is 5.26. The lowest BCUT2D eigenvalue weighted by molar-refractivity contribution is -0.132. The highest BCUT2D eigenvalue weighted by atomic mass is 32.2. The molecule has 2 aliphatic rings. The van der Waals surface area contributed by atoms with Gasteiger partial charge in [0.2, 0.25) is 5.91 Å². The minimum Gasteiger partial charge on any atom is -0.338 e. The zero-order chi connectivity index (χ0) is 13.1. The van der Waals surface area contributed by atoms with Crippen molar-refractivity contribution >= 4 is 17.7 Å². The van der Waals surface area contributed by atoms with Gasteiger partial charge in [-0.3, -0.25) is 4.79 Å². The summed E-state index contributed by atoms with van der Waals surface area (Å²) in [7, 11) is 0. The van der Waals surface area contributed by atoms with Crippen LogP contribution in [0.15, 0.2) is 24.3 Å². The molecule has 3 nitrogen and oxygen atoms in total. The minimum absolute atomic E-state index is 0.300. The molecule has 1 aromatic carbocycles. The Balaban J connectivity index is 1.59. The van der Waals surface area contributed by atoms with E-state index >= 15 is 0 Å². The summed E-state index contributed by atoms with van der Waals surface area (Å²) in [6, 6.07) is 8.83. The van der Waals surface area contributed by atoms with Gasteiger partial charge in [0.25, 0.3) is 0 Å². The summed E-state index contributed by atoms with van der Waals surface area (Å²) in [5.74, 6) is 2.53. The summed E-state index contributed by atoms with van der Waals surface area (Å²) < 4.78 is 0. The third-order valence-corrected chi connectivity index (χ3v) is 5.03. The van der Waals surface area contributed by atoms with Crippen molar-refractivity contribution in [2.45, 2.75) is 25.4 Å². The maximum absolute atomic E-state index is 12.4. The van der Waals surface area contributed by atoms with Crippen molar-refractivity contribution in [3.05, 3.63) is 35.4 Å². The van der Waals surface area contributed by atoms with Crippen LogP contribution in [0, 0.1) is 0 Å². The minimum atomic E-state index is 0.300. The van der Waals surface area contributed by atoms with Gasteiger partial charge in [-0.1, -0.05) is 24.3 Å². The lowest BCUT2D eigenvalue weighted by Gasteiger charge is -2.31. The van der Waals surface area contributed by atoms with Crippen molar-refractivity contribution in [2.24, 2.45) is 0 Å². The molecule has 1 N–H and O–H groups in total. The number of carbonyl (C=O) groups is 1. The maximum atomic E-state index is 12.4. The van der Waals surface area contributed by atoms with Crippen LogP contribution in [-0.2, 0) is 17.8 Å². The third-order valence-electron chi connectivity index (χ3n) is 3.90. The molecule has 0 saturated carbocycles. The van der Waals surface area contributed by atoms with Crippen molar-refractivity contribution in [3.63, 3.8) is 0 Å². The smallest absolute Gasteiger partial charge is 0.224 e. The Hall–Kier alpha value is -1.00. The Morgan fingerprint density at radius 2 is 2.21 bits per heavy atom. The molecule has 1 amide bonds. The zero-order valence-electron chi connectivity index (χ0n) is 11.1. The molecule has 0 bridgehead atoms. The van der Waals surface area contributed by atoms with Crippen LogP contribution < -0.4 is 5.32 Å². The molecule has 1 unspecified atom stereocenters. The molecule has 0 aliphatic carbocycles. The van der Waals surface area contributed by atoms with Gasteiger partial charge in [-0.2, -0.15) is 11.8 Å². The molecule has 1 saturated heterocycles. The molecular formula is C15H20N2OS. The predicted molar refractivity (Wildman–Crippen MR) is 79.3 cm³/mol. The molecule has 2 heterocycles. The van der Waals surface area contributed by atoms with E-state index < -0.39 is 0 Å². The monoisotopic (exact) mass is 276 g/mol. The van der Waals surface area contributed by atoms with Gasteiger partial charge >= 0.3 is 0 Å². The van der Waals surface area contributed by atoms with Gasteiger partial charge in [0.05, 0.1) is 0 Å². The highest BCUT2D eigenvalue weighted by Crippen LogP contribution is 2.20. The second-order valence-corrected chi connectivity index (χ2v) is 6.41. The van der Waals surface area contributed by atoms with Crippen LogP contribution in [0.5, 0.6) is 0 Å². The molecule has 4 heteroatoms. The Kier molecular flexibility index (Phi) is 4.09. The van der Waals surface area contributed by atoms with Gasteiger partial charge in [0, 0.05) is 43.6 Å². The van der Waals surface area contributed by atoms with Crippen LogP contribution >= 0.6 is 11.8 Å². The summed E-state index contributed by atoms with van der Waals surface area (Å²) in [4.78, 5) is 14.4. The van der Waals surface area contributed by atoms with Crippen LogP contribution in [0.1, 0.15) is 17.5 Å². The average molecular weight is 276 g/mol. The van der Waals surface area contributed by atoms with E-state index in [1.54, 1.807) is 0 Å². The van der Waals surface area contributed by atoms with Gasteiger partial charge in [-0.25, -0.2) is 0 Å². The number of rotatable bonds is 2. The molecule has 3 rings (SSSR count). The van der Waals surface area contributed by atoms with Crippen LogP contribution in [0.25, 0.3) is 0 Å². The van der Waals surface area contributed by atoms with Gasteiger partial charge in [-0.05, 0) is 17.5 Å². The first-order valence-electron chi connectivity index (χ1n) is 6.98. The number of fused-ring (bicyclic) bond motifs is 1. The largest absolute Gasteiger partial charge is 0.338 e. The Labute approximate surface area is 118 Å². The molecule has 2 aliphatic heterocycles. The first-order chi connectivity index (χ1) is 9.33. The summed E-state index contributed by atoms with van der Waals surface area (Å²) in [6.45, 7) is 2.69. The normalized spacial score (nSPS) is 22.9. The molecule has 0 spiro atoms. The topological polar surface area (TPSA) is 32.3 Å². The number of thioether (sulfide) groups is 1. The van der Waals surface area contributed by atoms with Gasteiger partial charge < -0.3 is 10.2 Å². The first kappa shape index (κ1) is 13.0. The Bertz CT molecular complexity index is 457. The quantitative estimate of drug-likeness (QED) is 0.892. The van der Waals surface area contributed by atoms with Gasteiger partial charge in [0.15, 0.2) is 0 Å². The van der Waals surface area contributed by atoms with E-state index in [1.807, 2.05) is 16.7 Å². The summed E-state index contributed by atoms with van der Waals surface area (Å²) in [5.41, 5.74) is 2.71. The van der Waals surface area contributed by atoms with E-state index in [-0.39, 0.29) is 0 Å². The van der Waals surface area contributed by atoms with Crippen molar-refractivity contribution in [1.29, 1.82) is 0 Å². The molecule has 1 atom stereocenters. The highest BCUT2D eigenvalue weighted by molar-refractivity contribution is 7.99. The van der Waals surface area contributed by atoms with Crippen LogP contribution in [-0.4, -0.2) is 41.4 Å². The number of carbonyl (C=O) groups excluding carboxylic acids is 1. The Morgan fingerprint density at radius 1 is 1.37 bits per heavy atom. The fourth-order valence-corrected chi connectivity index (χ4v) is 3.75. The van der Waals surface area contributed by atoms with E-state index in [2.05, 4.69) is 29.6 Å². The number of nitrogens with one attached hydrogen (secondary N) is 1. The number of hydrogen-bond donors (Lipinski definition) is 1. The third kappa shape index (κ3) is 3.12. The van der Waals surface area contributed by atoms with E-state index in [0.29, 0.717) is 18.4 Å². The first-order valence-corrected chi connectivity index (χ1v) is 8.14. The van der Waals surface area contributed by atoms with Crippen LogP contribution in [0.2, 0.25) is 0 Å². The standard InChI is InChI=1S/C15H20N2OS/c18-15(9-14-11-19-8-6-16-14)17-7-5-12-3-1-2-4-13(12)10-17/h1-4,14,16H,5-11H2. The lowest BCUT2D eigenvalue weighted by Crippen LogP contribution is -2.43. The second kappa shape index (κ2) is 5.97. The zero-order valence-corrected chi connectivity index (χ0v) is 11.9. The fourth-order valence-electron chi connectivity index (χ4n) is 2.80. The van der Waals surface area contributed by atoms with Crippen LogP contribution in [0.4, 0.5) is 0 Å². The van der Waals surface area contributed by atoms with Gasteiger partial charge in [0.1, 0.15) is 0 Å². The van der Waals surface area contributed by atoms with E-state index in [9.17, 15) is 4.79 Å². The summed E-state index contributed by atoms with van der Waals surface area (Å²) >= 11 is 1.95. The van der Waals surface area contributed by atoms with E-state index in [4.69, 9.17) is 0 Å². The predicted octanol–water partition coefficient (Wildman–Crippen LogP) is 1.67. The lowest BCUT2D eigenvalue weighted by atomic mass is 9.99. The molecule has 1 fully saturated rings. The number of benzene rings is 1. The van der Waals surface area contributed by atoms with Crippen molar-refractivity contribution in [2.75, 3.05) is 24.6 Å². The molecule has 102 valence electrons. The molecule has 0 aromatic heterocycles. The fraction of sp³-hybridized carbons (Fsp3) is 0.533. The summed E-state index contributed by atoms with van der Waals surface area (Å²) in [6.07, 6.45) is 1.64. The van der Waals surface area contributed by atoms with Crippen LogP contribution in [0.3, 0.4) is 0 Å².